The van der Waals surface area contributed by atoms with Crippen LogP contribution >= 0.6 is 0 Å². The highest BCUT2D eigenvalue weighted by Crippen LogP contribution is 2.20. The fourth-order valence-corrected chi connectivity index (χ4v) is 2.76. The van der Waals surface area contributed by atoms with Crippen molar-refractivity contribution in [2.24, 2.45) is 0 Å². The first kappa shape index (κ1) is 17.1. The Balaban J connectivity index is 1.65. The Morgan fingerprint density at radius 3 is 2.60 bits per heavy atom. The number of hydrogen-bond donors (Lipinski definition) is 3. The summed E-state index contributed by atoms with van der Waals surface area (Å²) in [5.74, 6) is -1.15. The number of nitrogens with one attached hydrogen (secondary N) is 2. The minimum absolute atomic E-state index is 0.253. The van der Waals surface area contributed by atoms with Gasteiger partial charge in [0.1, 0.15) is 17.3 Å². The zero-order valence-electron chi connectivity index (χ0n) is 13.6. The highest BCUT2D eigenvalue weighted by molar-refractivity contribution is 5.98. The second-order valence-electron chi connectivity index (χ2n) is 6.06. The van der Waals surface area contributed by atoms with Gasteiger partial charge in [-0.05, 0) is 49.2 Å². The van der Waals surface area contributed by atoms with Crippen molar-refractivity contribution in [3.8, 4) is 0 Å². The average Bonchev–Trinajstić information content (AvgIpc) is 3.01. The lowest BCUT2D eigenvalue weighted by Gasteiger charge is -2.18. The van der Waals surface area contributed by atoms with Crippen LogP contribution in [0, 0.1) is 11.6 Å². The predicted molar refractivity (Wildman–Crippen MR) is 91.2 cm³/mol. The lowest BCUT2D eigenvalue weighted by Crippen LogP contribution is -2.34. The summed E-state index contributed by atoms with van der Waals surface area (Å²) in [5, 5.41) is 13.3. The van der Waals surface area contributed by atoms with Gasteiger partial charge in [-0.1, -0.05) is 18.2 Å². The molecule has 0 aliphatic carbocycles. The van der Waals surface area contributed by atoms with E-state index >= 15 is 0 Å². The number of H-pyrrole nitrogens is 1. The second-order valence-corrected chi connectivity index (χ2v) is 6.06. The van der Waals surface area contributed by atoms with Gasteiger partial charge in [-0.25, -0.2) is 8.78 Å². The van der Waals surface area contributed by atoms with Crippen LogP contribution in [0.15, 0.2) is 48.5 Å². The maximum absolute atomic E-state index is 13.7. The summed E-state index contributed by atoms with van der Waals surface area (Å²) >= 11 is 0. The van der Waals surface area contributed by atoms with Gasteiger partial charge >= 0.3 is 0 Å². The number of rotatable bonds is 5. The highest BCUT2D eigenvalue weighted by Gasteiger charge is 2.17. The van der Waals surface area contributed by atoms with Gasteiger partial charge in [0.15, 0.2) is 0 Å². The molecule has 0 saturated carbocycles. The highest BCUT2D eigenvalue weighted by atomic mass is 19.1. The first-order valence-electron chi connectivity index (χ1n) is 7.95. The molecule has 0 saturated heterocycles. The molecule has 1 heterocycles. The molecule has 0 aliphatic rings. The van der Waals surface area contributed by atoms with Crippen molar-refractivity contribution < 1.29 is 18.7 Å². The maximum Gasteiger partial charge on any atom is 0.267 e. The summed E-state index contributed by atoms with van der Waals surface area (Å²) in [6, 6.07) is 11.3. The molecular weight excluding hydrogens is 326 g/mol. The quantitative estimate of drug-likeness (QED) is 0.661. The van der Waals surface area contributed by atoms with E-state index < -0.39 is 11.9 Å². The van der Waals surface area contributed by atoms with Crippen molar-refractivity contribution in [3.05, 3.63) is 71.4 Å². The first-order chi connectivity index (χ1) is 11.9. The van der Waals surface area contributed by atoms with Crippen LogP contribution in [-0.2, 0) is 0 Å². The number of amides is 1. The largest absolute Gasteiger partial charge is 0.388 e. The molecule has 4 nitrogen and oxygen atoms in total. The molecule has 0 radical (unpaired) electrons. The van der Waals surface area contributed by atoms with Gasteiger partial charge in [0, 0.05) is 16.9 Å². The third-order valence-corrected chi connectivity index (χ3v) is 4.06. The first-order valence-corrected chi connectivity index (χ1v) is 7.95. The number of carbonyl (C=O) groups is 1. The average molecular weight is 344 g/mol. The number of aromatic amines is 1. The van der Waals surface area contributed by atoms with Crippen LogP contribution in [0.25, 0.3) is 10.9 Å². The van der Waals surface area contributed by atoms with Crippen LogP contribution < -0.4 is 5.32 Å². The molecule has 130 valence electrons. The van der Waals surface area contributed by atoms with Crippen LogP contribution in [-0.4, -0.2) is 22.0 Å². The van der Waals surface area contributed by atoms with Gasteiger partial charge in [-0.2, -0.15) is 0 Å². The van der Waals surface area contributed by atoms with Gasteiger partial charge in [0.2, 0.25) is 0 Å². The molecule has 0 aliphatic heterocycles. The van der Waals surface area contributed by atoms with E-state index in [4.69, 9.17) is 0 Å². The second kappa shape index (κ2) is 7.03. The molecule has 3 rings (SSSR count). The molecule has 2 aromatic carbocycles. The molecule has 1 aromatic heterocycles. The lowest BCUT2D eigenvalue weighted by atomic mass is 10.0. The Hall–Kier alpha value is -2.73. The van der Waals surface area contributed by atoms with Gasteiger partial charge in [0.05, 0.1) is 6.10 Å². The van der Waals surface area contributed by atoms with Crippen LogP contribution in [0.4, 0.5) is 8.78 Å². The standard InChI is InChI=1S/C19H18F2N2O2/c1-11(9-18(24)12-5-7-13(20)8-6-12)22-19(25)17-10-14-15(21)3-2-4-16(14)23-17/h2-8,10-11,18,23-24H,9H2,1H3,(H,22,25). The van der Waals surface area contributed by atoms with Crippen molar-refractivity contribution >= 4 is 16.8 Å². The minimum atomic E-state index is -0.823. The van der Waals surface area contributed by atoms with E-state index in [0.29, 0.717) is 16.5 Å². The third kappa shape index (κ3) is 3.85. The summed E-state index contributed by atoms with van der Waals surface area (Å²) in [6.07, 6.45) is -0.553. The van der Waals surface area contributed by atoms with E-state index in [2.05, 4.69) is 10.3 Å². The molecular formula is C19H18F2N2O2. The Morgan fingerprint density at radius 1 is 1.20 bits per heavy atom. The number of hydrogen-bond acceptors (Lipinski definition) is 2. The van der Waals surface area contributed by atoms with Crippen molar-refractivity contribution in [1.29, 1.82) is 0 Å². The van der Waals surface area contributed by atoms with Crippen LogP contribution in [0.2, 0.25) is 0 Å². The Bertz CT molecular complexity index is 890. The molecule has 6 heteroatoms. The number of aliphatic hydroxyl groups excluding tert-OH is 1. The Labute approximate surface area is 143 Å². The van der Waals surface area contributed by atoms with Crippen molar-refractivity contribution in [2.45, 2.75) is 25.5 Å². The topological polar surface area (TPSA) is 65.1 Å². The van der Waals surface area contributed by atoms with E-state index in [1.807, 2.05) is 0 Å². The third-order valence-electron chi connectivity index (χ3n) is 4.06. The number of aromatic nitrogens is 1. The van der Waals surface area contributed by atoms with Crippen LogP contribution in [0.1, 0.15) is 35.5 Å². The Kier molecular flexibility index (Phi) is 4.81. The monoisotopic (exact) mass is 344 g/mol. The normalized spacial score (nSPS) is 13.6. The summed E-state index contributed by atoms with van der Waals surface area (Å²) in [6.45, 7) is 1.76. The lowest BCUT2D eigenvalue weighted by molar-refractivity contribution is 0.0913. The van der Waals surface area contributed by atoms with Gasteiger partial charge in [0.25, 0.3) is 5.91 Å². The zero-order chi connectivity index (χ0) is 18.0. The van der Waals surface area contributed by atoms with Crippen LogP contribution in [0.5, 0.6) is 0 Å². The predicted octanol–water partition coefficient (Wildman–Crippen LogP) is 3.69. The summed E-state index contributed by atoms with van der Waals surface area (Å²) in [4.78, 5) is 15.2. The molecule has 0 spiro atoms. The maximum atomic E-state index is 13.7. The van der Waals surface area contributed by atoms with Crippen molar-refractivity contribution in [3.63, 3.8) is 0 Å². The molecule has 0 fully saturated rings. The fourth-order valence-electron chi connectivity index (χ4n) is 2.76. The number of aliphatic hydroxyl groups is 1. The van der Waals surface area contributed by atoms with Gasteiger partial charge in [-0.3, -0.25) is 4.79 Å². The zero-order valence-corrected chi connectivity index (χ0v) is 13.6. The van der Waals surface area contributed by atoms with E-state index in [1.165, 1.54) is 36.4 Å². The van der Waals surface area contributed by atoms with E-state index in [0.717, 1.165) is 0 Å². The van der Waals surface area contributed by atoms with Gasteiger partial charge < -0.3 is 15.4 Å². The molecule has 25 heavy (non-hydrogen) atoms. The number of carbonyl (C=O) groups excluding carboxylic acids is 1. The van der Waals surface area contributed by atoms with Crippen LogP contribution in [0.3, 0.4) is 0 Å². The molecule has 1 amide bonds. The summed E-state index contributed by atoms with van der Waals surface area (Å²) in [7, 11) is 0. The van der Waals surface area contributed by atoms with E-state index in [-0.39, 0.29) is 29.9 Å². The molecule has 0 bridgehead atoms. The van der Waals surface area contributed by atoms with Crippen molar-refractivity contribution in [1.82, 2.24) is 10.3 Å². The van der Waals surface area contributed by atoms with Crippen molar-refractivity contribution in [2.75, 3.05) is 0 Å². The minimum Gasteiger partial charge on any atom is -0.388 e. The van der Waals surface area contributed by atoms with Gasteiger partial charge in [-0.15, -0.1) is 0 Å². The number of fused-ring (bicyclic) bond motifs is 1. The molecule has 3 N–H and O–H groups in total. The number of benzene rings is 2. The Morgan fingerprint density at radius 2 is 1.92 bits per heavy atom. The SMILES string of the molecule is CC(CC(O)c1ccc(F)cc1)NC(=O)c1cc2c(F)cccc2[nH]1. The summed E-state index contributed by atoms with van der Waals surface area (Å²) < 4.78 is 26.6. The molecule has 3 aromatic rings. The smallest absolute Gasteiger partial charge is 0.267 e. The number of halogens is 2. The van der Waals surface area contributed by atoms with E-state index in [1.54, 1.807) is 19.1 Å². The summed E-state index contributed by atoms with van der Waals surface area (Å²) in [5.41, 5.74) is 1.38. The fraction of sp³-hybridized carbons (Fsp3) is 0.211. The molecule has 2 atom stereocenters. The van der Waals surface area contributed by atoms with E-state index in [9.17, 15) is 18.7 Å². The molecule has 2 unspecified atom stereocenters.